The van der Waals surface area contributed by atoms with Crippen LogP contribution in [0, 0.1) is 0 Å². The molecule has 0 aromatic heterocycles. The fraction of sp³-hybridized carbons (Fsp3) is 0.444. The third-order valence-electron chi connectivity index (χ3n) is 3.32. The summed E-state index contributed by atoms with van der Waals surface area (Å²) in [6.45, 7) is 6.08. The van der Waals surface area contributed by atoms with E-state index in [0.717, 1.165) is 5.69 Å². The Morgan fingerprint density at radius 1 is 0.960 bits per heavy atom. The first kappa shape index (κ1) is 20.3. The molecule has 0 unspecified atom stereocenters. The van der Waals surface area contributed by atoms with Gasteiger partial charge in [-0.25, -0.2) is 9.59 Å². The van der Waals surface area contributed by atoms with Gasteiger partial charge in [-0.2, -0.15) is 0 Å². The fourth-order valence-corrected chi connectivity index (χ4v) is 2.11. The van der Waals surface area contributed by atoms with Gasteiger partial charge in [0.15, 0.2) is 17.1 Å². The van der Waals surface area contributed by atoms with E-state index in [1.807, 2.05) is 6.92 Å². The van der Waals surface area contributed by atoms with Gasteiger partial charge in [0.2, 0.25) is 0 Å². The molecule has 0 fully saturated rings. The molecule has 0 N–H and O–H groups in total. The minimum Gasteiger partial charge on any atom is -0.493 e. The van der Waals surface area contributed by atoms with Gasteiger partial charge in [0.05, 0.1) is 27.4 Å². The predicted octanol–water partition coefficient (Wildman–Crippen LogP) is 2.54. The fourth-order valence-electron chi connectivity index (χ4n) is 2.11. The van der Waals surface area contributed by atoms with Gasteiger partial charge >= 0.3 is 11.9 Å². The van der Waals surface area contributed by atoms with Gasteiger partial charge in [-0.1, -0.05) is 0 Å². The average molecular weight is 351 g/mol. The number of ether oxygens (including phenoxy) is 4. The zero-order chi connectivity index (χ0) is 18.8. The van der Waals surface area contributed by atoms with Gasteiger partial charge < -0.3 is 23.8 Å². The van der Waals surface area contributed by atoms with E-state index in [4.69, 9.17) is 18.9 Å². The maximum Gasteiger partial charge on any atom is 0.347 e. The topological polar surface area (TPSA) is 74.3 Å². The lowest BCUT2D eigenvalue weighted by molar-refractivity contribution is -0.146. The second-order valence-electron chi connectivity index (χ2n) is 4.81. The summed E-state index contributed by atoms with van der Waals surface area (Å²) in [4.78, 5) is 25.9. The van der Waals surface area contributed by atoms with Crippen molar-refractivity contribution in [2.75, 3.05) is 38.9 Å². The zero-order valence-electron chi connectivity index (χ0n) is 15.3. The lowest BCUT2D eigenvalue weighted by Gasteiger charge is -2.21. The third-order valence-corrected chi connectivity index (χ3v) is 3.32. The number of hydrogen-bond acceptors (Lipinski definition) is 7. The van der Waals surface area contributed by atoms with Crippen molar-refractivity contribution in [1.29, 1.82) is 0 Å². The molecule has 0 aliphatic carbocycles. The first-order chi connectivity index (χ1) is 12.0. The van der Waals surface area contributed by atoms with Crippen molar-refractivity contribution in [2.24, 2.45) is 0 Å². The molecule has 0 aliphatic heterocycles. The van der Waals surface area contributed by atoms with Gasteiger partial charge in [0.25, 0.3) is 0 Å². The highest BCUT2D eigenvalue weighted by atomic mass is 16.6. The lowest BCUT2D eigenvalue weighted by Crippen LogP contribution is -2.24. The highest BCUT2D eigenvalue weighted by molar-refractivity contribution is 6.14. The largest absolute Gasteiger partial charge is 0.493 e. The lowest BCUT2D eigenvalue weighted by atomic mass is 10.2. The highest BCUT2D eigenvalue weighted by Crippen LogP contribution is 2.31. The number of rotatable bonds is 9. The molecule has 0 heterocycles. The molecule has 138 valence electrons. The number of carbonyl (C=O) groups is 2. The van der Waals surface area contributed by atoms with Crippen LogP contribution in [-0.2, 0) is 19.1 Å². The van der Waals surface area contributed by atoms with Gasteiger partial charge in [-0.05, 0) is 32.9 Å². The Morgan fingerprint density at radius 3 is 1.96 bits per heavy atom. The second-order valence-corrected chi connectivity index (χ2v) is 4.81. The van der Waals surface area contributed by atoms with E-state index in [0.29, 0.717) is 18.0 Å². The zero-order valence-corrected chi connectivity index (χ0v) is 15.3. The second kappa shape index (κ2) is 10.2. The van der Waals surface area contributed by atoms with Crippen LogP contribution in [0.5, 0.6) is 11.5 Å². The summed E-state index contributed by atoms with van der Waals surface area (Å²) in [6, 6.07) is 5.31. The highest BCUT2D eigenvalue weighted by Gasteiger charge is 2.22. The predicted molar refractivity (Wildman–Crippen MR) is 93.9 cm³/mol. The summed E-state index contributed by atoms with van der Waals surface area (Å²) in [5.74, 6) is -0.317. The summed E-state index contributed by atoms with van der Waals surface area (Å²) in [6.07, 6.45) is 1.43. The van der Waals surface area contributed by atoms with E-state index >= 15 is 0 Å². The van der Waals surface area contributed by atoms with Crippen molar-refractivity contribution >= 4 is 17.6 Å². The third kappa shape index (κ3) is 5.41. The Balaban J connectivity index is 3.26. The molecule has 0 bridgehead atoms. The Morgan fingerprint density at radius 2 is 1.52 bits per heavy atom. The van der Waals surface area contributed by atoms with Gasteiger partial charge in [-0.15, -0.1) is 0 Å². The van der Waals surface area contributed by atoms with Crippen molar-refractivity contribution in [1.82, 2.24) is 0 Å². The van der Waals surface area contributed by atoms with Crippen molar-refractivity contribution < 1.29 is 28.5 Å². The molecule has 1 aromatic carbocycles. The summed E-state index contributed by atoms with van der Waals surface area (Å²) < 4.78 is 20.4. The SMILES string of the molecule is CCOC(=O)C(=CN(CC)c1ccc(OC)c(OC)c1)C(=O)OCC. The Kier molecular flexibility index (Phi) is 8.32. The molecule has 0 atom stereocenters. The van der Waals surface area contributed by atoms with Crippen LogP contribution < -0.4 is 14.4 Å². The Bertz CT molecular complexity index is 606. The molecule has 0 amide bonds. The molecule has 0 spiro atoms. The Labute approximate surface area is 148 Å². The van der Waals surface area contributed by atoms with E-state index in [-0.39, 0.29) is 18.8 Å². The number of anilines is 1. The number of benzene rings is 1. The van der Waals surface area contributed by atoms with Crippen LogP contribution in [0.25, 0.3) is 0 Å². The molecular weight excluding hydrogens is 326 g/mol. The molecule has 25 heavy (non-hydrogen) atoms. The minimum absolute atomic E-state index is 0.165. The number of hydrogen-bond donors (Lipinski definition) is 0. The molecule has 1 rings (SSSR count). The minimum atomic E-state index is -0.722. The number of carbonyl (C=O) groups excluding carboxylic acids is 2. The van der Waals surface area contributed by atoms with Gasteiger partial charge in [0, 0.05) is 24.5 Å². The first-order valence-electron chi connectivity index (χ1n) is 8.06. The monoisotopic (exact) mass is 351 g/mol. The van der Waals surface area contributed by atoms with Crippen molar-refractivity contribution in [3.63, 3.8) is 0 Å². The van der Waals surface area contributed by atoms with Crippen LogP contribution in [0.1, 0.15) is 20.8 Å². The standard InChI is InChI=1S/C18H25NO6/c1-6-19(13-9-10-15(22-4)16(11-13)23-5)12-14(17(20)24-7-2)18(21)25-8-3/h9-12H,6-8H2,1-5H3. The van der Waals surface area contributed by atoms with E-state index < -0.39 is 11.9 Å². The molecule has 0 aliphatic rings. The summed E-state index contributed by atoms with van der Waals surface area (Å²) in [7, 11) is 3.09. The van der Waals surface area contributed by atoms with E-state index in [1.54, 1.807) is 44.1 Å². The normalized spacial score (nSPS) is 9.80. The van der Waals surface area contributed by atoms with E-state index in [2.05, 4.69) is 0 Å². The Hall–Kier alpha value is -2.70. The summed E-state index contributed by atoms with van der Waals surface area (Å²) >= 11 is 0. The molecule has 7 heteroatoms. The van der Waals surface area contributed by atoms with E-state index in [9.17, 15) is 9.59 Å². The van der Waals surface area contributed by atoms with Crippen molar-refractivity contribution in [3.05, 3.63) is 30.0 Å². The van der Waals surface area contributed by atoms with Crippen LogP contribution in [0.15, 0.2) is 30.0 Å². The number of esters is 2. The average Bonchev–Trinajstić information content (AvgIpc) is 2.62. The summed E-state index contributed by atoms with van der Waals surface area (Å²) in [5.41, 5.74) is 0.562. The number of nitrogens with zero attached hydrogens (tertiary/aromatic N) is 1. The number of methoxy groups -OCH3 is 2. The van der Waals surface area contributed by atoms with Gasteiger partial charge in [-0.3, -0.25) is 0 Å². The van der Waals surface area contributed by atoms with Crippen LogP contribution in [0.4, 0.5) is 5.69 Å². The smallest absolute Gasteiger partial charge is 0.347 e. The maximum atomic E-state index is 12.1. The molecule has 7 nitrogen and oxygen atoms in total. The van der Waals surface area contributed by atoms with Crippen molar-refractivity contribution in [3.8, 4) is 11.5 Å². The van der Waals surface area contributed by atoms with Crippen LogP contribution >= 0.6 is 0 Å². The van der Waals surface area contributed by atoms with E-state index in [1.165, 1.54) is 13.3 Å². The molecule has 0 radical (unpaired) electrons. The van der Waals surface area contributed by atoms with Crippen LogP contribution in [0.2, 0.25) is 0 Å². The molecule has 1 aromatic rings. The van der Waals surface area contributed by atoms with Crippen LogP contribution in [-0.4, -0.2) is 45.9 Å². The molecule has 0 saturated carbocycles. The molecule has 0 saturated heterocycles. The van der Waals surface area contributed by atoms with Gasteiger partial charge in [0.1, 0.15) is 0 Å². The molecular formula is C18H25NO6. The first-order valence-corrected chi connectivity index (χ1v) is 8.06. The van der Waals surface area contributed by atoms with Crippen molar-refractivity contribution in [2.45, 2.75) is 20.8 Å². The maximum absolute atomic E-state index is 12.1. The summed E-state index contributed by atoms with van der Waals surface area (Å²) in [5, 5.41) is 0. The quantitative estimate of drug-likeness (QED) is 0.293. The van der Waals surface area contributed by atoms with Crippen LogP contribution in [0.3, 0.4) is 0 Å².